The molecule has 1 aliphatic rings. The number of carboxylic acids is 1. The van der Waals surface area contributed by atoms with Crippen LogP contribution >= 0.6 is 35.3 Å². The van der Waals surface area contributed by atoms with Gasteiger partial charge in [-0.05, 0) is 35.2 Å². The second kappa shape index (κ2) is 7.81. The van der Waals surface area contributed by atoms with E-state index < -0.39 is 11.9 Å². The van der Waals surface area contributed by atoms with Crippen molar-refractivity contribution in [2.24, 2.45) is 0 Å². The molecular formula is C17H11N2O4S3-. The molecule has 2 amide bonds. The lowest BCUT2D eigenvalue weighted by atomic mass is 10.2. The Morgan fingerprint density at radius 1 is 1.23 bits per heavy atom. The van der Waals surface area contributed by atoms with Crippen LogP contribution in [0.3, 0.4) is 0 Å². The number of aromatic carboxylic acids is 1. The van der Waals surface area contributed by atoms with Crippen molar-refractivity contribution in [1.29, 1.82) is 0 Å². The number of rotatable bonds is 5. The van der Waals surface area contributed by atoms with Gasteiger partial charge in [0.1, 0.15) is 10.9 Å². The van der Waals surface area contributed by atoms with Crippen molar-refractivity contribution in [3.05, 3.63) is 57.1 Å². The Labute approximate surface area is 162 Å². The predicted molar refractivity (Wildman–Crippen MR) is 104 cm³/mol. The molecule has 0 spiro atoms. The van der Waals surface area contributed by atoms with Crippen molar-refractivity contribution in [3.63, 3.8) is 0 Å². The number of hydrogen-bond acceptors (Lipinski definition) is 7. The fourth-order valence-corrected chi connectivity index (χ4v) is 4.15. The lowest BCUT2D eigenvalue weighted by molar-refractivity contribution is -0.255. The van der Waals surface area contributed by atoms with Crippen LogP contribution in [0.1, 0.15) is 15.2 Å². The van der Waals surface area contributed by atoms with E-state index in [0.717, 1.165) is 16.6 Å². The van der Waals surface area contributed by atoms with Crippen LogP contribution in [0.25, 0.3) is 6.08 Å². The first-order chi connectivity index (χ1) is 12.4. The maximum atomic E-state index is 12.5. The van der Waals surface area contributed by atoms with Gasteiger partial charge in [0.15, 0.2) is 0 Å². The quantitative estimate of drug-likeness (QED) is 0.606. The number of thioether (sulfide) groups is 1. The average molecular weight is 403 g/mol. The molecule has 0 aliphatic carbocycles. The van der Waals surface area contributed by atoms with Crippen molar-refractivity contribution in [2.75, 3.05) is 11.9 Å². The molecule has 0 atom stereocenters. The minimum absolute atomic E-state index is 0.0126. The molecule has 26 heavy (non-hydrogen) atoms. The molecule has 0 radical (unpaired) electrons. The lowest BCUT2D eigenvalue weighted by Crippen LogP contribution is -2.36. The summed E-state index contributed by atoms with van der Waals surface area (Å²) < 4.78 is 0.320. The van der Waals surface area contributed by atoms with Gasteiger partial charge in [0.05, 0.1) is 10.9 Å². The Hall–Kier alpha value is -2.49. The van der Waals surface area contributed by atoms with E-state index in [4.69, 9.17) is 12.2 Å². The zero-order chi connectivity index (χ0) is 18.7. The first-order valence-electron chi connectivity index (χ1n) is 7.34. The Bertz CT molecular complexity index is 905. The van der Waals surface area contributed by atoms with Gasteiger partial charge in [-0.1, -0.05) is 42.2 Å². The van der Waals surface area contributed by atoms with E-state index in [0.29, 0.717) is 14.9 Å². The van der Waals surface area contributed by atoms with Gasteiger partial charge >= 0.3 is 0 Å². The fourth-order valence-electron chi connectivity index (χ4n) is 2.17. The van der Waals surface area contributed by atoms with Crippen LogP contribution in [-0.4, -0.2) is 33.5 Å². The van der Waals surface area contributed by atoms with E-state index in [-0.39, 0.29) is 18.0 Å². The SMILES string of the molecule is O=C(CN1C(=O)/C(=C\c2cccs2)SC1=S)Nc1ccc(C(=O)[O-])cc1. The summed E-state index contributed by atoms with van der Waals surface area (Å²) in [6, 6.07) is 9.33. The van der Waals surface area contributed by atoms with Gasteiger partial charge in [-0.25, -0.2) is 0 Å². The number of nitrogens with zero attached hydrogens (tertiary/aromatic N) is 1. The number of carbonyl (C=O) groups excluding carboxylic acids is 3. The van der Waals surface area contributed by atoms with Gasteiger partial charge in [-0.2, -0.15) is 0 Å². The topological polar surface area (TPSA) is 89.5 Å². The molecule has 1 saturated heterocycles. The highest BCUT2D eigenvalue weighted by atomic mass is 32.2. The third-order valence-electron chi connectivity index (χ3n) is 3.40. The van der Waals surface area contributed by atoms with E-state index in [9.17, 15) is 19.5 Å². The molecule has 1 aromatic carbocycles. The van der Waals surface area contributed by atoms with Gasteiger partial charge < -0.3 is 15.2 Å². The first-order valence-corrected chi connectivity index (χ1v) is 9.44. The van der Waals surface area contributed by atoms with Crippen LogP contribution in [0.15, 0.2) is 46.7 Å². The summed E-state index contributed by atoms with van der Waals surface area (Å²) in [6.45, 7) is -0.214. The Balaban J connectivity index is 1.64. The summed E-state index contributed by atoms with van der Waals surface area (Å²) in [7, 11) is 0. The largest absolute Gasteiger partial charge is 0.545 e. The Kier molecular flexibility index (Phi) is 5.50. The van der Waals surface area contributed by atoms with Crippen molar-refractivity contribution < 1.29 is 19.5 Å². The van der Waals surface area contributed by atoms with Crippen LogP contribution < -0.4 is 10.4 Å². The van der Waals surface area contributed by atoms with Crippen LogP contribution in [0.5, 0.6) is 0 Å². The monoisotopic (exact) mass is 403 g/mol. The number of amides is 2. The number of hydrogen-bond donors (Lipinski definition) is 1. The lowest BCUT2D eigenvalue weighted by Gasteiger charge is -2.14. The van der Waals surface area contributed by atoms with Gasteiger partial charge in [0.25, 0.3) is 5.91 Å². The summed E-state index contributed by atoms with van der Waals surface area (Å²) >= 11 is 7.86. The van der Waals surface area contributed by atoms with Crippen molar-refractivity contribution in [3.8, 4) is 0 Å². The summed E-state index contributed by atoms with van der Waals surface area (Å²) in [5.41, 5.74) is 0.429. The van der Waals surface area contributed by atoms with Crippen molar-refractivity contribution in [2.45, 2.75) is 0 Å². The molecule has 0 bridgehead atoms. The third-order valence-corrected chi connectivity index (χ3v) is 5.59. The van der Waals surface area contributed by atoms with E-state index in [2.05, 4.69) is 5.32 Å². The van der Waals surface area contributed by atoms with E-state index in [1.807, 2.05) is 17.5 Å². The van der Waals surface area contributed by atoms with Crippen molar-refractivity contribution in [1.82, 2.24) is 4.90 Å². The van der Waals surface area contributed by atoms with Gasteiger partial charge in [0.2, 0.25) is 5.91 Å². The minimum atomic E-state index is -1.29. The molecule has 1 N–H and O–H groups in total. The zero-order valence-corrected chi connectivity index (χ0v) is 15.6. The van der Waals surface area contributed by atoms with Crippen LogP contribution in [-0.2, 0) is 9.59 Å². The summed E-state index contributed by atoms with van der Waals surface area (Å²) in [5, 5.41) is 15.2. The summed E-state index contributed by atoms with van der Waals surface area (Å²) in [6.07, 6.45) is 1.75. The molecule has 1 aliphatic heterocycles. The molecular weight excluding hydrogens is 392 g/mol. The molecule has 2 aromatic rings. The van der Waals surface area contributed by atoms with E-state index in [1.54, 1.807) is 6.08 Å². The number of carboxylic acid groups (broad SMARTS) is 1. The number of thiocarbonyl (C=S) groups is 1. The molecule has 6 nitrogen and oxygen atoms in total. The molecule has 1 fully saturated rings. The maximum absolute atomic E-state index is 12.5. The van der Waals surface area contributed by atoms with Crippen LogP contribution in [0.2, 0.25) is 0 Å². The predicted octanol–water partition coefficient (Wildman–Crippen LogP) is 1.95. The number of anilines is 1. The second-order valence-corrected chi connectivity index (χ2v) is 7.85. The average Bonchev–Trinajstić information content (AvgIpc) is 3.20. The Morgan fingerprint density at radius 3 is 2.58 bits per heavy atom. The molecule has 9 heteroatoms. The highest BCUT2D eigenvalue weighted by molar-refractivity contribution is 8.26. The summed E-state index contributed by atoms with van der Waals surface area (Å²) in [4.78, 5) is 38.0. The zero-order valence-electron chi connectivity index (χ0n) is 13.1. The van der Waals surface area contributed by atoms with Gasteiger partial charge in [0, 0.05) is 10.6 Å². The third kappa shape index (κ3) is 4.18. The van der Waals surface area contributed by atoms with Crippen molar-refractivity contribution >= 4 is 69.2 Å². The smallest absolute Gasteiger partial charge is 0.266 e. The summed E-state index contributed by atoms with van der Waals surface area (Å²) in [5.74, 6) is -2.03. The van der Waals surface area contributed by atoms with Gasteiger partial charge in [-0.3, -0.25) is 14.5 Å². The normalized spacial score (nSPS) is 15.5. The highest BCUT2D eigenvalue weighted by Crippen LogP contribution is 2.33. The number of nitrogens with one attached hydrogen (secondary N) is 1. The second-order valence-electron chi connectivity index (χ2n) is 5.20. The van der Waals surface area contributed by atoms with E-state index >= 15 is 0 Å². The standard InChI is InChI=1S/C17H12N2O4S3/c20-14(18-11-5-3-10(4-6-11)16(22)23)9-19-15(21)13(26-17(19)24)8-12-2-1-7-25-12/h1-8H,9H2,(H,18,20)(H,22,23)/p-1/b13-8+. The van der Waals surface area contributed by atoms with E-state index in [1.165, 1.54) is 40.5 Å². The first kappa shape index (κ1) is 18.3. The molecule has 0 unspecified atom stereocenters. The van der Waals surface area contributed by atoms with Gasteiger partial charge in [-0.15, -0.1) is 11.3 Å². The minimum Gasteiger partial charge on any atom is -0.545 e. The Morgan fingerprint density at radius 2 is 1.96 bits per heavy atom. The number of carbonyl (C=O) groups is 3. The fraction of sp³-hybridized carbons (Fsp3) is 0.0588. The van der Waals surface area contributed by atoms with Crippen LogP contribution in [0.4, 0.5) is 5.69 Å². The molecule has 3 rings (SSSR count). The number of benzene rings is 1. The number of thiophene rings is 1. The molecule has 0 saturated carbocycles. The molecule has 132 valence electrons. The maximum Gasteiger partial charge on any atom is 0.266 e. The molecule has 2 heterocycles. The highest BCUT2D eigenvalue weighted by Gasteiger charge is 2.33. The van der Waals surface area contributed by atoms with Crippen LogP contribution in [0, 0.1) is 0 Å². The molecule has 1 aromatic heterocycles.